The van der Waals surface area contributed by atoms with E-state index in [-0.39, 0.29) is 0 Å². The van der Waals surface area contributed by atoms with Crippen LogP contribution >= 0.6 is 0 Å². The van der Waals surface area contributed by atoms with Crippen molar-refractivity contribution >= 4 is 5.84 Å². The molecule has 0 unspecified atom stereocenters. The Hall–Kier alpha value is -1.32. The topological polar surface area (TPSA) is 67.1 Å². The first-order valence-electron chi connectivity index (χ1n) is 3.59. The number of H-pyrrole nitrogens is 1. The fraction of sp³-hybridized carbons (Fsp3) is 0.429. The summed E-state index contributed by atoms with van der Waals surface area (Å²) in [6, 6.07) is 0. The second-order valence-corrected chi connectivity index (χ2v) is 2.27. The van der Waals surface area contributed by atoms with Crippen molar-refractivity contribution in [3.63, 3.8) is 0 Å². The maximum atomic E-state index is 5.51. The van der Waals surface area contributed by atoms with Crippen molar-refractivity contribution in [3.05, 3.63) is 18.0 Å². The van der Waals surface area contributed by atoms with E-state index in [9.17, 15) is 0 Å². The lowest BCUT2D eigenvalue weighted by molar-refractivity contribution is 1.04. The number of amidine groups is 1. The van der Waals surface area contributed by atoms with Gasteiger partial charge >= 0.3 is 0 Å². The highest BCUT2D eigenvalue weighted by Crippen LogP contribution is 1.95. The van der Waals surface area contributed by atoms with Crippen LogP contribution in [0, 0.1) is 0 Å². The number of nitrogens with zero attached hydrogens (tertiary/aromatic N) is 2. The summed E-state index contributed by atoms with van der Waals surface area (Å²) in [6.45, 7) is 2.60. The molecule has 0 aliphatic carbocycles. The van der Waals surface area contributed by atoms with Crippen molar-refractivity contribution in [1.29, 1.82) is 0 Å². The van der Waals surface area contributed by atoms with Crippen LogP contribution in [0.1, 0.15) is 18.9 Å². The van der Waals surface area contributed by atoms with Crippen LogP contribution in [0.2, 0.25) is 0 Å². The van der Waals surface area contributed by atoms with E-state index in [1.807, 2.05) is 13.1 Å². The van der Waals surface area contributed by atoms with E-state index >= 15 is 0 Å². The average molecular weight is 152 g/mol. The van der Waals surface area contributed by atoms with E-state index in [2.05, 4.69) is 15.2 Å². The average Bonchev–Trinajstić information content (AvgIpc) is 2.52. The molecule has 0 radical (unpaired) electrons. The maximum absolute atomic E-state index is 5.51. The molecule has 4 nitrogen and oxygen atoms in total. The Labute approximate surface area is 65.5 Å². The number of aromatic amines is 1. The summed E-state index contributed by atoms with van der Waals surface area (Å²) in [5, 5.41) is 6.50. The molecule has 0 atom stereocenters. The molecule has 4 heteroatoms. The van der Waals surface area contributed by atoms with E-state index in [1.165, 1.54) is 0 Å². The van der Waals surface area contributed by atoms with Crippen LogP contribution < -0.4 is 5.73 Å². The molecule has 1 rings (SSSR count). The predicted octanol–water partition coefficient (Wildman–Crippen LogP) is 0.677. The Bertz CT molecular complexity index is 225. The van der Waals surface area contributed by atoms with Crippen molar-refractivity contribution in [2.45, 2.75) is 19.9 Å². The van der Waals surface area contributed by atoms with Gasteiger partial charge in [-0.2, -0.15) is 5.10 Å². The van der Waals surface area contributed by atoms with Crippen molar-refractivity contribution in [1.82, 2.24) is 10.2 Å². The Morgan fingerprint density at radius 2 is 2.64 bits per heavy atom. The van der Waals surface area contributed by atoms with Crippen LogP contribution in [-0.4, -0.2) is 16.0 Å². The Balaban J connectivity index is 2.45. The number of nitrogens with two attached hydrogens (primary N) is 1. The standard InChI is InChI=1S/C7H12N4/c1-2-7(8)9-3-6-4-10-11-5-6/h4-5H,2-3H2,1H3,(H2,8,9)(H,10,11). The smallest absolute Gasteiger partial charge is 0.0938 e. The Morgan fingerprint density at radius 3 is 3.18 bits per heavy atom. The van der Waals surface area contributed by atoms with Crippen molar-refractivity contribution < 1.29 is 0 Å². The van der Waals surface area contributed by atoms with Crippen LogP contribution in [0.5, 0.6) is 0 Å². The minimum absolute atomic E-state index is 0.621. The number of nitrogens with one attached hydrogen (secondary N) is 1. The first-order valence-corrected chi connectivity index (χ1v) is 3.59. The zero-order chi connectivity index (χ0) is 8.10. The molecule has 1 aromatic rings. The van der Waals surface area contributed by atoms with Crippen LogP contribution in [0.15, 0.2) is 17.4 Å². The van der Waals surface area contributed by atoms with Gasteiger partial charge in [0.25, 0.3) is 0 Å². The van der Waals surface area contributed by atoms with Crippen LogP contribution in [0.3, 0.4) is 0 Å². The zero-order valence-corrected chi connectivity index (χ0v) is 6.54. The van der Waals surface area contributed by atoms with Gasteiger partial charge in [-0.1, -0.05) is 6.92 Å². The summed E-state index contributed by atoms with van der Waals surface area (Å²) in [5.74, 6) is 0.686. The molecule has 0 fully saturated rings. The SMILES string of the molecule is CCC(N)=NCc1cn[nH]c1. The van der Waals surface area contributed by atoms with Crippen molar-refractivity contribution in [2.24, 2.45) is 10.7 Å². The summed E-state index contributed by atoms with van der Waals surface area (Å²) in [5.41, 5.74) is 6.57. The summed E-state index contributed by atoms with van der Waals surface area (Å²) >= 11 is 0. The number of hydrogen-bond donors (Lipinski definition) is 2. The molecule has 0 saturated carbocycles. The highest BCUT2D eigenvalue weighted by molar-refractivity contribution is 5.79. The fourth-order valence-corrected chi connectivity index (χ4v) is 0.669. The van der Waals surface area contributed by atoms with E-state index in [1.54, 1.807) is 6.20 Å². The van der Waals surface area contributed by atoms with Crippen molar-refractivity contribution in [3.8, 4) is 0 Å². The number of aromatic nitrogens is 2. The summed E-state index contributed by atoms with van der Waals surface area (Å²) in [4.78, 5) is 4.12. The third-order valence-corrected chi connectivity index (χ3v) is 1.38. The maximum Gasteiger partial charge on any atom is 0.0938 e. The van der Waals surface area contributed by atoms with E-state index in [4.69, 9.17) is 5.73 Å². The molecular weight excluding hydrogens is 140 g/mol. The number of aliphatic imine (C=N–C) groups is 1. The van der Waals surface area contributed by atoms with E-state index < -0.39 is 0 Å². The molecule has 60 valence electrons. The van der Waals surface area contributed by atoms with Gasteiger partial charge in [0.05, 0.1) is 18.6 Å². The van der Waals surface area contributed by atoms with Crippen molar-refractivity contribution in [2.75, 3.05) is 0 Å². The second-order valence-electron chi connectivity index (χ2n) is 2.27. The lowest BCUT2D eigenvalue weighted by Gasteiger charge is -1.92. The van der Waals surface area contributed by atoms with Crippen LogP contribution in [-0.2, 0) is 6.54 Å². The molecule has 1 heterocycles. The minimum Gasteiger partial charge on any atom is -0.387 e. The molecular formula is C7H12N4. The zero-order valence-electron chi connectivity index (χ0n) is 6.54. The summed E-state index contributed by atoms with van der Waals surface area (Å²) in [6.07, 6.45) is 4.36. The largest absolute Gasteiger partial charge is 0.387 e. The van der Waals surface area contributed by atoms with Gasteiger partial charge in [0.2, 0.25) is 0 Å². The lowest BCUT2D eigenvalue weighted by atomic mass is 10.3. The lowest BCUT2D eigenvalue weighted by Crippen LogP contribution is -2.09. The summed E-state index contributed by atoms with van der Waals surface area (Å²) < 4.78 is 0. The Kier molecular flexibility index (Phi) is 2.66. The highest BCUT2D eigenvalue weighted by Gasteiger charge is 1.90. The molecule has 11 heavy (non-hydrogen) atoms. The third-order valence-electron chi connectivity index (χ3n) is 1.38. The summed E-state index contributed by atoms with van der Waals surface area (Å²) in [7, 11) is 0. The van der Waals surface area contributed by atoms with Crippen LogP contribution in [0.4, 0.5) is 0 Å². The van der Waals surface area contributed by atoms with E-state index in [0.29, 0.717) is 12.4 Å². The first kappa shape index (κ1) is 7.78. The van der Waals surface area contributed by atoms with Gasteiger partial charge in [-0.05, 0) is 0 Å². The molecule has 0 aliphatic heterocycles. The normalized spacial score (nSPS) is 11.9. The quantitative estimate of drug-likeness (QED) is 0.494. The van der Waals surface area contributed by atoms with Gasteiger partial charge in [0, 0.05) is 18.2 Å². The van der Waals surface area contributed by atoms with Gasteiger partial charge in [0.15, 0.2) is 0 Å². The van der Waals surface area contributed by atoms with Crippen LogP contribution in [0.25, 0.3) is 0 Å². The van der Waals surface area contributed by atoms with Gasteiger partial charge < -0.3 is 5.73 Å². The minimum atomic E-state index is 0.621. The fourth-order valence-electron chi connectivity index (χ4n) is 0.669. The second kappa shape index (κ2) is 3.75. The molecule has 0 bridgehead atoms. The molecule has 0 aliphatic rings. The third kappa shape index (κ3) is 2.41. The number of hydrogen-bond acceptors (Lipinski definition) is 2. The molecule has 0 saturated heterocycles. The van der Waals surface area contributed by atoms with Gasteiger partial charge in [0.1, 0.15) is 0 Å². The van der Waals surface area contributed by atoms with Gasteiger partial charge in [-0.25, -0.2) is 0 Å². The van der Waals surface area contributed by atoms with E-state index in [0.717, 1.165) is 12.0 Å². The first-order chi connectivity index (χ1) is 5.33. The molecule has 0 amide bonds. The highest BCUT2D eigenvalue weighted by atomic mass is 15.1. The van der Waals surface area contributed by atoms with Gasteiger partial charge in [-0.15, -0.1) is 0 Å². The predicted molar refractivity (Wildman–Crippen MR) is 44.2 cm³/mol. The molecule has 0 spiro atoms. The number of rotatable bonds is 3. The molecule has 0 aromatic carbocycles. The van der Waals surface area contributed by atoms with Gasteiger partial charge in [-0.3, -0.25) is 10.1 Å². The molecule has 1 aromatic heterocycles. The Morgan fingerprint density at radius 1 is 1.82 bits per heavy atom. The monoisotopic (exact) mass is 152 g/mol. The molecule has 3 N–H and O–H groups in total.